The maximum absolute atomic E-state index is 5.97. The molecular formula is C12H11Cl2N3S. The fourth-order valence-electron chi connectivity index (χ4n) is 1.42. The number of halogens is 2. The molecule has 0 saturated heterocycles. The summed E-state index contributed by atoms with van der Waals surface area (Å²) in [5.74, 6) is 0.657. The molecule has 1 heterocycles. The highest BCUT2D eigenvalue weighted by atomic mass is 35.5. The van der Waals surface area contributed by atoms with Gasteiger partial charge in [0.25, 0.3) is 0 Å². The first-order valence-corrected chi connectivity index (χ1v) is 7.18. The van der Waals surface area contributed by atoms with E-state index in [9.17, 15) is 0 Å². The number of hydrogen-bond donors (Lipinski definition) is 1. The van der Waals surface area contributed by atoms with E-state index in [0.717, 1.165) is 11.3 Å². The molecule has 2 rings (SSSR count). The molecule has 2 aromatic rings. The maximum atomic E-state index is 5.97. The Labute approximate surface area is 120 Å². The second-order valence-corrected chi connectivity index (χ2v) is 5.24. The van der Waals surface area contributed by atoms with E-state index < -0.39 is 0 Å². The van der Waals surface area contributed by atoms with E-state index in [-0.39, 0.29) is 0 Å². The number of anilines is 2. The van der Waals surface area contributed by atoms with E-state index in [4.69, 9.17) is 23.2 Å². The Morgan fingerprint density at radius 1 is 1.17 bits per heavy atom. The average molecular weight is 300 g/mol. The molecule has 0 fully saturated rings. The van der Waals surface area contributed by atoms with Crippen molar-refractivity contribution in [1.82, 2.24) is 9.97 Å². The third-order valence-electron chi connectivity index (χ3n) is 2.32. The molecule has 3 nitrogen and oxygen atoms in total. The van der Waals surface area contributed by atoms with Gasteiger partial charge < -0.3 is 5.32 Å². The summed E-state index contributed by atoms with van der Waals surface area (Å²) >= 11 is 13.3. The first-order chi connectivity index (χ1) is 8.58. The maximum Gasteiger partial charge on any atom is 0.190 e. The molecule has 18 heavy (non-hydrogen) atoms. The van der Waals surface area contributed by atoms with Crippen LogP contribution in [0.3, 0.4) is 0 Å². The lowest BCUT2D eigenvalue weighted by molar-refractivity contribution is 0.976. The van der Waals surface area contributed by atoms with Gasteiger partial charge in [-0.2, -0.15) is 0 Å². The molecule has 6 heteroatoms. The zero-order valence-electron chi connectivity index (χ0n) is 9.87. The molecule has 0 aliphatic carbocycles. The average Bonchev–Trinajstić information content (AvgIpc) is 2.33. The molecular weight excluding hydrogens is 289 g/mol. The Morgan fingerprint density at radius 3 is 2.67 bits per heavy atom. The zero-order valence-corrected chi connectivity index (χ0v) is 12.2. The molecule has 0 spiro atoms. The van der Waals surface area contributed by atoms with Crippen LogP contribution in [0.5, 0.6) is 0 Å². The van der Waals surface area contributed by atoms with Gasteiger partial charge in [0.1, 0.15) is 11.0 Å². The standard InChI is InChI=1S/C12H11Cl2N3S/c1-7-3-4-8(13)5-9(7)15-11-6-10(14)16-12(17-11)18-2/h3-6H,1-2H3,(H,15,16,17). The van der Waals surface area contributed by atoms with Crippen molar-refractivity contribution in [2.75, 3.05) is 11.6 Å². The van der Waals surface area contributed by atoms with Gasteiger partial charge in [-0.25, -0.2) is 9.97 Å². The molecule has 1 aromatic carbocycles. The number of aromatic nitrogens is 2. The zero-order chi connectivity index (χ0) is 13.1. The summed E-state index contributed by atoms with van der Waals surface area (Å²) in [6.07, 6.45) is 1.90. The van der Waals surface area contributed by atoms with Gasteiger partial charge in [-0.15, -0.1) is 0 Å². The molecule has 0 radical (unpaired) electrons. The number of benzene rings is 1. The molecule has 0 atom stereocenters. The van der Waals surface area contributed by atoms with Gasteiger partial charge in [-0.05, 0) is 30.9 Å². The van der Waals surface area contributed by atoms with Crippen LogP contribution >= 0.6 is 35.0 Å². The van der Waals surface area contributed by atoms with Crippen molar-refractivity contribution in [3.63, 3.8) is 0 Å². The third kappa shape index (κ3) is 3.28. The first kappa shape index (κ1) is 13.5. The third-order valence-corrected chi connectivity index (χ3v) is 3.30. The smallest absolute Gasteiger partial charge is 0.190 e. The van der Waals surface area contributed by atoms with Crippen molar-refractivity contribution >= 4 is 46.5 Å². The highest BCUT2D eigenvalue weighted by Crippen LogP contribution is 2.25. The van der Waals surface area contributed by atoms with Crippen LogP contribution < -0.4 is 5.32 Å². The van der Waals surface area contributed by atoms with E-state index in [1.54, 1.807) is 6.07 Å². The summed E-state index contributed by atoms with van der Waals surface area (Å²) < 4.78 is 0. The summed E-state index contributed by atoms with van der Waals surface area (Å²) in [6.45, 7) is 2.00. The predicted octanol–water partition coefficient (Wildman–Crippen LogP) is 4.56. The van der Waals surface area contributed by atoms with E-state index in [1.807, 2.05) is 31.4 Å². The number of hydrogen-bond acceptors (Lipinski definition) is 4. The second-order valence-electron chi connectivity index (χ2n) is 3.65. The van der Waals surface area contributed by atoms with Crippen LogP contribution in [0.1, 0.15) is 5.56 Å². The first-order valence-electron chi connectivity index (χ1n) is 5.20. The molecule has 0 saturated carbocycles. The highest BCUT2D eigenvalue weighted by Gasteiger charge is 2.05. The molecule has 0 unspecified atom stereocenters. The molecule has 0 aliphatic heterocycles. The van der Waals surface area contributed by atoms with Gasteiger partial charge in [0.2, 0.25) is 0 Å². The van der Waals surface area contributed by atoms with E-state index in [2.05, 4.69) is 15.3 Å². The van der Waals surface area contributed by atoms with E-state index >= 15 is 0 Å². The number of thioether (sulfide) groups is 1. The van der Waals surface area contributed by atoms with Crippen LogP contribution in [0.2, 0.25) is 10.2 Å². The Hall–Kier alpha value is -0.970. The number of nitrogens with zero attached hydrogens (tertiary/aromatic N) is 2. The fraction of sp³-hybridized carbons (Fsp3) is 0.167. The summed E-state index contributed by atoms with van der Waals surface area (Å²) in [6, 6.07) is 7.33. The van der Waals surface area contributed by atoms with Gasteiger partial charge in [0, 0.05) is 16.8 Å². The van der Waals surface area contributed by atoms with Crippen LogP contribution in [-0.2, 0) is 0 Å². The van der Waals surface area contributed by atoms with Crippen molar-refractivity contribution in [2.24, 2.45) is 0 Å². The van der Waals surface area contributed by atoms with E-state index in [0.29, 0.717) is 21.2 Å². The Balaban J connectivity index is 2.33. The largest absolute Gasteiger partial charge is 0.340 e. The normalized spacial score (nSPS) is 10.4. The summed E-state index contributed by atoms with van der Waals surface area (Å²) in [7, 11) is 0. The molecule has 0 aliphatic rings. The molecule has 0 bridgehead atoms. The number of rotatable bonds is 3. The van der Waals surface area contributed by atoms with Crippen LogP contribution in [-0.4, -0.2) is 16.2 Å². The van der Waals surface area contributed by atoms with Crippen LogP contribution in [0.4, 0.5) is 11.5 Å². The monoisotopic (exact) mass is 299 g/mol. The topological polar surface area (TPSA) is 37.8 Å². The Kier molecular flexibility index (Phi) is 4.32. The Bertz CT molecular complexity index is 575. The van der Waals surface area contributed by atoms with Gasteiger partial charge in [0.05, 0.1) is 0 Å². The lowest BCUT2D eigenvalue weighted by Gasteiger charge is -2.10. The minimum absolute atomic E-state index is 0.413. The molecule has 1 aromatic heterocycles. The summed E-state index contributed by atoms with van der Waals surface area (Å²) in [5, 5.41) is 4.91. The van der Waals surface area contributed by atoms with Crippen LogP contribution in [0.25, 0.3) is 0 Å². The molecule has 94 valence electrons. The lowest BCUT2D eigenvalue weighted by Crippen LogP contribution is -1.98. The van der Waals surface area contributed by atoms with Gasteiger partial charge in [-0.3, -0.25) is 0 Å². The summed E-state index contributed by atoms with van der Waals surface area (Å²) in [4.78, 5) is 8.42. The highest BCUT2D eigenvalue weighted by molar-refractivity contribution is 7.98. The van der Waals surface area contributed by atoms with Gasteiger partial charge >= 0.3 is 0 Å². The minimum atomic E-state index is 0.413. The number of aryl methyl sites for hydroxylation is 1. The van der Waals surface area contributed by atoms with Gasteiger partial charge in [-0.1, -0.05) is 41.0 Å². The quantitative estimate of drug-likeness (QED) is 0.512. The predicted molar refractivity (Wildman–Crippen MR) is 78.3 cm³/mol. The minimum Gasteiger partial charge on any atom is -0.340 e. The SMILES string of the molecule is CSc1nc(Cl)cc(Nc2cc(Cl)ccc2C)n1. The second kappa shape index (κ2) is 5.78. The van der Waals surface area contributed by atoms with Crippen LogP contribution in [0.15, 0.2) is 29.4 Å². The number of nitrogens with one attached hydrogen (secondary N) is 1. The van der Waals surface area contributed by atoms with Crippen molar-refractivity contribution in [2.45, 2.75) is 12.1 Å². The van der Waals surface area contributed by atoms with Gasteiger partial charge in [0.15, 0.2) is 5.16 Å². The Morgan fingerprint density at radius 2 is 1.94 bits per heavy atom. The molecule has 1 N–H and O–H groups in total. The summed E-state index contributed by atoms with van der Waals surface area (Å²) in [5.41, 5.74) is 1.99. The van der Waals surface area contributed by atoms with Crippen molar-refractivity contribution in [3.05, 3.63) is 40.0 Å². The van der Waals surface area contributed by atoms with Crippen molar-refractivity contribution in [3.8, 4) is 0 Å². The van der Waals surface area contributed by atoms with Crippen molar-refractivity contribution in [1.29, 1.82) is 0 Å². The fourth-order valence-corrected chi connectivity index (χ4v) is 2.20. The van der Waals surface area contributed by atoms with Crippen molar-refractivity contribution < 1.29 is 0 Å². The lowest BCUT2D eigenvalue weighted by atomic mass is 10.2. The van der Waals surface area contributed by atoms with Crippen LogP contribution in [0, 0.1) is 6.92 Å². The molecule has 0 amide bonds. The van der Waals surface area contributed by atoms with E-state index in [1.165, 1.54) is 11.8 Å².